The van der Waals surface area contributed by atoms with Gasteiger partial charge in [0.05, 0.1) is 5.56 Å². The number of amides is 1. The minimum Gasteiger partial charge on any atom is -0.478 e. The number of hydrogen-bond acceptors (Lipinski definition) is 5. The Morgan fingerprint density at radius 2 is 1.63 bits per heavy atom. The van der Waals surface area contributed by atoms with Crippen LogP contribution in [0.5, 0.6) is 0 Å². The van der Waals surface area contributed by atoms with Crippen molar-refractivity contribution in [1.82, 2.24) is 4.90 Å². The van der Waals surface area contributed by atoms with E-state index in [1.54, 1.807) is 12.1 Å². The van der Waals surface area contributed by atoms with E-state index in [1.807, 2.05) is 0 Å². The van der Waals surface area contributed by atoms with Crippen molar-refractivity contribution < 1.29 is 24.2 Å². The van der Waals surface area contributed by atoms with E-state index in [1.165, 1.54) is 40.0 Å². The number of hydrogen-bond donors (Lipinski definition) is 2. The molecule has 0 atom stereocenters. The minimum atomic E-state index is -1.02. The Balaban J connectivity index is 1.16. The van der Waals surface area contributed by atoms with Gasteiger partial charge in [0.1, 0.15) is 5.76 Å². The van der Waals surface area contributed by atoms with Gasteiger partial charge in [-0.05, 0) is 123 Å². The van der Waals surface area contributed by atoms with E-state index < -0.39 is 5.97 Å². The third-order valence-electron chi connectivity index (χ3n) is 8.60. The number of nitrogens with zero attached hydrogens (tertiary/aromatic N) is 1. The molecule has 1 fully saturated rings. The molecule has 1 saturated heterocycles. The number of esters is 1. The Labute approximate surface area is 253 Å². The van der Waals surface area contributed by atoms with Crippen molar-refractivity contribution in [3.63, 3.8) is 0 Å². The number of aryl methyl sites for hydroxylation is 2. The Morgan fingerprint density at radius 3 is 2.33 bits per heavy atom. The second-order valence-electron chi connectivity index (χ2n) is 11.9. The highest BCUT2D eigenvalue weighted by molar-refractivity contribution is 5.92. The van der Waals surface area contributed by atoms with Crippen LogP contribution in [-0.4, -0.2) is 40.9 Å². The van der Waals surface area contributed by atoms with Gasteiger partial charge in [0.25, 0.3) is 0 Å². The lowest BCUT2D eigenvalue weighted by atomic mass is 9.89. The molecule has 0 unspecified atom stereocenters. The van der Waals surface area contributed by atoms with Gasteiger partial charge in [-0.3, -0.25) is 14.5 Å². The first kappa shape index (κ1) is 30.2. The molecule has 224 valence electrons. The summed E-state index contributed by atoms with van der Waals surface area (Å²) in [5.74, 6) is -0.297. The minimum absolute atomic E-state index is 0.139. The number of rotatable bonds is 11. The number of likely N-dealkylation sites (tertiary alicyclic amines) is 1. The monoisotopic (exact) mass is 580 g/mol. The number of carboxylic acids is 1. The largest absolute Gasteiger partial charge is 0.478 e. The number of piperidine rings is 1. The fourth-order valence-electron chi connectivity index (χ4n) is 6.04. The van der Waals surface area contributed by atoms with E-state index in [4.69, 9.17) is 9.84 Å². The summed E-state index contributed by atoms with van der Waals surface area (Å²) in [4.78, 5) is 38.9. The zero-order valence-electron chi connectivity index (χ0n) is 25.0. The van der Waals surface area contributed by atoms with Gasteiger partial charge in [-0.25, -0.2) is 4.79 Å². The molecule has 0 spiro atoms. The molecule has 5 rings (SSSR count). The van der Waals surface area contributed by atoms with E-state index >= 15 is 0 Å². The van der Waals surface area contributed by atoms with Crippen molar-refractivity contribution in [3.05, 3.63) is 106 Å². The van der Waals surface area contributed by atoms with Crippen LogP contribution < -0.4 is 5.32 Å². The van der Waals surface area contributed by atoms with Crippen LogP contribution in [0.2, 0.25) is 0 Å². The summed E-state index contributed by atoms with van der Waals surface area (Å²) in [5, 5.41) is 11.8. The smallest absolute Gasteiger partial charge is 0.335 e. The summed E-state index contributed by atoms with van der Waals surface area (Å²) in [6, 6.07) is 21.0. The topological polar surface area (TPSA) is 95.9 Å². The summed E-state index contributed by atoms with van der Waals surface area (Å²) >= 11 is 0. The third kappa shape index (κ3) is 7.99. The number of carboxylic acid groups (broad SMARTS) is 1. The highest BCUT2D eigenvalue weighted by Crippen LogP contribution is 2.40. The van der Waals surface area contributed by atoms with Gasteiger partial charge >= 0.3 is 11.9 Å². The quantitative estimate of drug-likeness (QED) is 0.239. The molecule has 0 saturated carbocycles. The fraction of sp³-hybridized carbons (Fsp3) is 0.361. The van der Waals surface area contributed by atoms with Crippen LogP contribution in [0.4, 0.5) is 5.69 Å². The van der Waals surface area contributed by atoms with Gasteiger partial charge in [0.15, 0.2) is 0 Å². The zero-order valence-corrected chi connectivity index (χ0v) is 25.0. The molecule has 43 heavy (non-hydrogen) atoms. The molecule has 2 aliphatic rings. The first-order valence-electron chi connectivity index (χ1n) is 15.2. The van der Waals surface area contributed by atoms with Crippen molar-refractivity contribution in [1.29, 1.82) is 0 Å². The first-order chi connectivity index (χ1) is 20.7. The summed E-state index contributed by atoms with van der Waals surface area (Å²) in [5.41, 5.74) is 7.89. The fourth-order valence-corrected chi connectivity index (χ4v) is 6.04. The molecule has 3 aromatic carbocycles. The Bertz CT molecular complexity index is 1500. The second kappa shape index (κ2) is 13.8. The van der Waals surface area contributed by atoms with Crippen LogP contribution in [0.3, 0.4) is 0 Å². The summed E-state index contributed by atoms with van der Waals surface area (Å²) < 4.78 is 6.07. The van der Waals surface area contributed by atoms with Crippen molar-refractivity contribution in [3.8, 4) is 0 Å². The Morgan fingerprint density at radius 1 is 0.930 bits per heavy atom. The standard InChI is InChI=1S/C36H40N2O5/c1-24-19-29-22-30(21-26-15-17-38(18-16-26)23-27-7-4-3-5-8-27)35(32(29)20-25(24)2)43-34(40)10-6-9-33(39)37-31-13-11-28(12-14-31)36(41)42/h3-5,7-8,11-14,19-20,26H,6,9-10,15-18,21-23H2,1-2H3,(H,37,39)(H,41,42). The highest BCUT2D eigenvalue weighted by atomic mass is 16.5. The molecule has 1 aliphatic heterocycles. The molecular weight excluding hydrogens is 540 g/mol. The second-order valence-corrected chi connectivity index (χ2v) is 11.9. The van der Waals surface area contributed by atoms with Crippen molar-refractivity contribution in [2.75, 3.05) is 18.4 Å². The van der Waals surface area contributed by atoms with E-state index in [2.05, 4.69) is 66.5 Å². The number of anilines is 1. The molecule has 0 radical (unpaired) electrons. The van der Waals surface area contributed by atoms with Crippen LogP contribution >= 0.6 is 0 Å². The van der Waals surface area contributed by atoms with Crippen LogP contribution in [0.1, 0.15) is 76.7 Å². The maximum absolute atomic E-state index is 13.0. The molecule has 1 aliphatic carbocycles. The first-order valence-corrected chi connectivity index (χ1v) is 15.2. The maximum Gasteiger partial charge on any atom is 0.335 e. The molecule has 0 bridgehead atoms. The van der Waals surface area contributed by atoms with Crippen LogP contribution in [0.15, 0.2) is 72.3 Å². The normalized spacial score (nSPS) is 15.3. The summed E-state index contributed by atoms with van der Waals surface area (Å²) in [6.45, 7) is 7.33. The van der Waals surface area contributed by atoms with Gasteiger partial charge in [-0.15, -0.1) is 0 Å². The number of fused-ring (bicyclic) bond motifs is 1. The molecule has 7 heteroatoms. The van der Waals surface area contributed by atoms with E-state index in [-0.39, 0.29) is 30.3 Å². The number of benzene rings is 3. The average molecular weight is 581 g/mol. The van der Waals surface area contributed by atoms with E-state index in [0.717, 1.165) is 56.6 Å². The Kier molecular flexibility index (Phi) is 9.72. The number of allylic oxidation sites excluding steroid dienone is 1. The highest BCUT2D eigenvalue weighted by Gasteiger charge is 2.29. The molecule has 0 aromatic heterocycles. The van der Waals surface area contributed by atoms with Crippen LogP contribution in [-0.2, 0) is 27.3 Å². The zero-order chi connectivity index (χ0) is 30.3. The molecule has 1 heterocycles. The van der Waals surface area contributed by atoms with Gasteiger partial charge < -0.3 is 15.2 Å². The van der Waals surface area contributed by atoms with Crippen molar-refractivity contribution in [2.24, 2.45) is 5.92 Å². The maximum atomic E-state index is 13.0. The number of carbonyl (C=O) groups is 3. The van der Waals surface area contributed by atoms with Crippen LogP contribution in [0, 0.1) is 19.8 Å². The van der Waals surface area contributed by atoms with Crippen molar-refractivity contribution >= 4 is 29.3 Å². The predicted molar refractivity (Wildman–Crippen MR) is 168 cm³/mol. The van der Waals surface area contributed by atoms with Gasteiger partial charge in [0, 0.05) is 30.6 Å². The van der Waals surface area contributed by atoms with E-state index in [0.29, 0.717) is 18.0 Å². The summed E-state index contributed by atoms with van der Waals surface area (Å²) in [7, 11) is 0. The number of nitrogens with one attached hydrogen (secondary N) is 1. The van der Waals surface area contributed by atoms with Crippen LogP contribution in [0.25, 0.3) is 5.76 Å². The van der Waals surface area contributed by atoms with Gasteiger partial charge in [-0.1, -0.05) is 36.4 Å². The molecule has 1 amide bonds. The van der Waals surface area contributed by atoms with E-state index in [9.17, 15) is 14.4 Å². The SMILES string of the molecule is Cc1cc2c(cc1C)C(OC(=O)CCCC(=O)Nc1ccc(C(=O)O)cc1)=C(CC1CCN(Cc3ccccc3)CC1)C2. The lowest BCUT2D eigenvalue weighted by Gasteiger charge is -2.32. The number of carbonyl (C=O) groups excluding carboxylic acids is 2. The Hall–Kier alpha value is -4.23. The molecule has 3 aromatic rings. The lowest BCUT2D eigenvalue weighted by Crippen LogP contribution is -2.33. The van der Waals surface area contributed by atoms with Gasteiger partial charge in [-0.2, -0.15) is 0 Å². The predicted octanol–water partition coefficient (Wildman–Crippen LogP) is 6.92. The summed E-state index contributed by atoms with van der Waals surface area (Å²) in [6.07, 6.45) is 4.66. The number of aromatic carboxylic acids is 1. The molecule has 2 N–H and O–H groups in total. The van der Waals surface area contributed by atoms with Gasteiger partial charge in [0.2, 0.25) is 5.91 Å². The number of ether oxygens (including phenoxy) is 1. The molecular formula is C36H40N2O5. The van der Waals surface area contributed by atoms with Crippen molar-refractivity contribution in [2.45, 2.75) is 65.3 Å². The average Bonchev–Trinajstić information content (AvgIpc) is 3.30. The lowest BCUT2D eigenvalue weighted by molar-refractivity contribution is -0.136. The third-order valence-corrected chi connectivity index (χ3v) is 8.60. The molecule has 7 nitrogen and oxygen atoms in total.